The van der Waals surface area contributed by atoms with Crippen molar-refractivity contribution in [3.63, 3.8) is 0 Å². The van der Waals surface area contributed by atoms with Crippen molar-refractivity contribution in [2.45, 2.75) is 43.0 Å². The first-order valence-electron chi connectivity index (χ1n) is 9.72. The van der Waals surface area contributed by atoms with Gasteiger partial charge in [-0.3, -0.25) is 14.5 Å². The number of sulfonamides is 1. The van der Waals surface area contributed by atoms with Crippen LogP contribution in [0.1, 0.15) is 32.1 Å². The molecule has 1 saturated carbocycles. The molecule has 2 fully saturated rings. The summed E-state index contributed by atoms with van der Waals surface area (Å²) in [5.74, 6) is -0.387. The van der Waals surface area contributed by atoms with Crippen LogP contribution in [0.3, 0.4) is 0 Å². The van der Waals surface area contributed by atoms with E-state index in [9.17, 15) is 18.0 Å². The van der Waals surface area contributed by atoms with E-state index in [1.165, 1.54) is 10.4 Å². The van der Waals surface area contributed by atoms with Gasteiger partial charge in [0.25, 0.3) is 0 Å². The van der Waals surface area contributed by atoms with E-state index in [1.807, 2.05) is 0 Å². The van der Waals surface area contributed by atoms with Crippen molar-refractivity contribution < 1.29 is 18.0 Å². The van der Waals surface area contributed by atoms with Crippen LogP contribution >= 0.6 is 0 Å². The molecule has 0 bridgehead atoms. The second-order valence-corrected chi connectivity index (χ2v) is 9.49. The molecular formula is C19H28N4O4S. The average molecular weight is 409 g/mol. The number of piperidine rings is 1. The van der Waals surface area contributed by atoms with Crippen molar-refractivity contribution in [3.05, 3.63) is 24.3 Å². The quantitative estimate of drug-likeness (QED) is 0.669. The molecule has 9 heteroatoms. The third-order valence-corrected chi connectivity index (χ3v) is 6.73. The van der Waals surface area contributed by atoms with E-state index in [0.29, 0.717) is 24.8 Å². The van der Waals surface area contributed by atoms with E-state index >= 15 is 0 Å². The number of carbonyl (C=O) groups is 2. The standard InChI is InChI=1S/C19H28N4O4S/c1-22(13-18(24)20-15-8-9-15)14-19(25)21-16-6-5-7-17(12-16)28(26,27)23-10-3-2-4-11-23/h5-7,12,15H,2-4,8-11,13-14H2,1H3,(H,20,24)(H,21,25). The number of hydrogen-bond acceptors (Lipinski definition) is 5. The lowest BCUT2D eigenvalue weighted by Crippen LogP contribution is -2.39. The highest BCUT2D eigenvalue weighted by Crippen LogP contribution is 2.23. The largest absolute Gasteiger partial charge is 0.352 e. The van der Waals surface area contributed by atoms with Crippen LogP contribution in [0.25, 0.3) is 0 Å². The Hall–Kier alpha value is -1.97. The SMILES string of the molecule is CN(CC(=O)Nc1cccc(S(=O)(=O)N2CCCCC2)c1)CC(=O)NC1CC1. The summed E-state index contributed by atoms with van der Waals surface area (Å²) >= 11 is 0. The van der Waals surface area contributed by atoms with Gasteiger partial charge in [-0.1, -0.05) is 12.5 Å². The predicted molar refractivity (Wildman–Crippen MR) is 106 cm³/mol. The molecule has 1 aromatic rings. The monoisotopic (exact) mass is 408 g/mol. The minimum absolute atomic E-state index is 0.0428. The summed E-state index contributed by atoms with van der Waals surface area (Å²) in [6, 6.07) is 6.61. The molecule has 28 heavy (non-hydrogen) atoms. The summed E-state index contributed by atoms with van der Waals surface area (Å²) in [4.78, 5) is 25.9. The normalized spacial score (nSPS) is 18.1. The van der Waals surface area contributed by atoms with Crippen molar-refractivity contribution in [2.75, 3.05) is 38.5 Å². The Morgan fingerprint density at radius 2 is 1.79 bits per heavy atom. The van der Waals surface area contributed by atoms with E-state index in [0.717, 1.165) is 32.1 Å². The maximum Gasteiger partial charge on any atom is 0.243 e. The number of hydrogen-bond donors (Lipinski definition) is 2. The van der Waals surface area contributed by atoms with Crippen molar-refractivity contribution in [3.8, 4) is 0 Å². The van der Waals surface area contributed by atoms with Gasteiger partial charge in [0.2, 0.25) is 21.8 Å². The minimum Gasteiger partial charge on any atom is -0.352 e. The molecule has 2 N–H and O–H groups in total. The first kappa shape index (κ1) is 20.8. The van der Waals surface area contributed by atoms with Crippen molar-refractivity contribution in [1.29, 1.82) is 0 Å². The number of amides is 2. The van der Waals surface area contributed by atoms with E-state index in [-0.39, 0.29) is 29.8 Å². The summed E-state index contributed by atoms with van der Waals surface area (Å²) < 4.78 is 27.1. The smallest absolute Gasteiger partial charge is 0.243 e. The predicted octanol–water partition coefficient (Wildman–Crippen LogP) is 1.01. The third-order valence-electron chi connectivity index (χ3n) is 4.84. The second kappa shape index (κ2) is 9.02. The van der Waals surface area contributed by atoms with Crippen LogP contribution in [0, 0.1) is 0 Å². The molecule has 0 atom stereocenters. The summed E-state index contributed by atoms with van der Waals surface area (Å²) in [5, 5.41) is 5.60. The number of anilines is 1. The molecule has 1 aliphatic heterocycles. The highest BCUT2D eigenvalue weighted by molar-refractivity contribution is 7.89. The molecule has 0 radical (unpaired) electrons. The van der Waals surface area contributed by atoms with Crippen LogP contribution < -0.4 is 10.6 Å². The summed E-state index contributed by atoms with van der Waals surface area (Å²) in [5.41, 5.74) is 0.430. The molecule has 1 aliphatic carbocycles. The fourth-order valence-corrected chi connectivity index (χ4v) is 4.80. The molecule has 154 valence electrons. The Bertz CT molecular complexity index is 817. The lowest BCUT2D eigenvalue weighted by molar-refractivity contribution is -0.123. The minimum atomic E-state index is -3.55. The topological polar surface area (TPSA) is 98.8 Å². The maximum absolute atomic E-state index is 12.8. The molecule has 0 unspecified atom stereocenters. The number of rotatable bonds is 8. The number of nitrogens with zero attached hydrogens (tertiary/aromatic N) is 2. The highest BCUT2D eigenvalue weighted by Gasteiger charge is 2.26. The Morgan fingerprint density at radius 3 is 2.46 bits per heavy atom. The van der Waals surface area contributed by atoms with E-state index < -0.39 is 10.0 Å². The van der Waals surface area contributed by atoms with Crippen molar-refractivity contribution in [1.82, 2.24) is 14.5 Å². The van der Waals surface area contributed by atoms with Gasteiger partial charge in [0.15, 0.2) is 0 Å². The number of carbonyl (C=O) groups excluding carboxylic acids is 2. The van der Waals surface area contributed by atoms with Gasteiger partial charge in [-0.05, 0) is 50.9 Å². The molecule has 2 aliphatic rings. The summed E-state index contributed by atoms with van der Waals surface area (Å²) in [6.07, 6.45) is 4.83. The van der Waals surface area contributed by atoms with Crippen LogP contribution in [0.4, 0.5) is 5.69 Å². The van der Waals surface area contributed by atoms with Gasteiger partial charge in [-0.25, -0.2) is 8.42 Å². The van der Waals surface area contributed by atoms with Gasteiger partial charge >= 0.3 is 0 Å². The molecule has 1 heterocycles. The van der Waals surface area contributed by atoms with Gasteiger partial charge in [-0.2, -0.15) is 4.31 Å². The molecular weight excluding hydrogens is 380 g/mol. The Morgan fingerprint density at radius 1 is 1.11 bits per heavy atom. The van der Waals surface area contributed by atoms with Crippen molar-refractivity contribution >= 4 is 27.5 Å². The lowest BCUT2D eigenvalue weighted by Gasteiger charge is -2.26. The second-order valence-electron chi connectivity index (χ2n) is 7.55. The lowest BCUT2D eigenvalue weighted by atomic mass is 10.2. The average Bonchev–Trinajstić information content (AvgIpc) is 3.46. The van der Waals surface area contributed by atoms with Crippen LogP contribution in [0.15, 0.2) is 29.2 Å². The molecule has 1 saturated heterocycles. The maximum atomic E-state index is 12.8. The van der Waals surface area contributed by atoms with Gasteiger partial charge in [-0.15, -0.1) is 0 Å². The molecule has 3 rings (SSSR count). The Kier molecular flexibility index (Phi) is 6.69. The Balaban J connectivity index is 1.55. The highest BCUT2D eigenvalue weighted by atomic mass is 32.2. The molecule has 0 aromatic heterocycles. The van der Waals surface area contributed by atoms with E-state index in [1.54, 1.807) is 30.1 Å². The summed E-state index contributed by atoms with van der Waals surface area (Å²) in [6.45, 7) is 1.26. The van der Waals surface area contributed by atoms with Gasteiger partial charge in [0.05, 0.1) is 18.0 Å². The van der Waals surface area contributed by atoms with E-state index in [2.05, 4.69) is 10.6 Å². The number of likely N-dealkylation sites (N-methyl/N-ethyl adjacent to an activating group) is 1. The van der Waals surface area contributed by atoms with Crippen molar-refractivity contribution in [2.24, 2.45) is 0 Å². The zero-order chi connectivity index (χ0) is 20.1. The van der Waals surface area contributed by atoms with Crippen LogP contribution in [-0.2, 0) is 19.6 Å². The third kappa shape index (κ3) is 5.76. The molecule has 0 spiro atoms. The fourth-order valence-electron chi connectivity index (χ4n) is 3.24. The van der Waals surface area contributed by atoms with Crippen LogP contribution in [0.2, 0.25) is 0 Å². The Labute approximate surface area is 166 Å². The molecule has 2 amide bonds. The first-order chi connectivity index (χ1) is 13.3. The van der Waals surface area contributed by atoms with Gasteiger partial charge in [0, 0.05) is 24.8 Å². The van der Waals surface area contributed by atoms with Gasteiger partial charge in [0.1, 0.15) is 0 Å². The zero-order valence-corrected chi connectivity index (χ0v) is 17.0. The number of benzene rings is 1. The molecule has 1 aromatic carbocycles. The fraction of sp³-hybridized carbons (Fsp3) is 0.579. The van der Waals surface area contributed by atoms with E-state index in [4.69, 9.17) is 0 Å². The first-order valence-corrected chi connectivity index (χ1v) is 11.2. The summed E-state index contributed by atoms with van der Waals surface area (Å²) in [7, 11) is -1.85. The molecule has 8 nitrogen and oxygen atoms in total. The zero-order valence-electron chi connectivity index (χ0n) is 16.2. The number of nitrogens with one attached hydrogen (secondary N) is 2. The van der Waals surface area contributed by atoms with Gasteiger partial charge < -0.3 is 10.6 Å². The van der Waals surface area contributed by atoms with Crippen LogP contribution in [0.5, 0.6) is 0 Å². The van der Waals surface area contributed by atoms with Crippen LogP contribution in [-0.4, -0.2) is 68.7 Å².